The van der Waals surface area contributed by atoms with Crippen LogP contribution >= 0.6 is 0 Å². The zero-order valence-corrected chi connectivity index (χ0v) is 10.1. The Morgan fingerprint density at radius 2 is 1.82 bits per heavy atom. The van der Waals surface area contributed by atoms with Gasteiger partial charge >= 0.3 is 0 Å². The van der Waals surface area contributed by atoms with Crippen molar-refractivity contribution in [3.63, 3.8) is 0 Å². The molecule has 0 radical (unpaired) electrons. The van der Waals surface area contributed by atoms with Crippen LogP contribution in [-0.4, -0.2) is 22.3 Å². The number of hydrogen-bond donors (Lipinski definition) is 0. The number of amides is 2. The van der Waals surface area contributed by atoms with Gasteiger partial charge in [-0.05, 0) is 26.2 Å². The molecular weight excluding hydrogens is 216 g/mol. The highest BCUT2D eigenvalue weighted by atomic mass is 16.2. The van der Waals surface area contributed by atoms with Crippen molar-refractivity contribution in [3.05, 3.63) is 12.2 Å². The van der Waals surface area contributed by atoms with E-state index in [0.29, 0.717) is 19.3 Å². The maximum atomic E-state index is 12.2. The molecule has 2 aliphatic rings. The molecule has 0 aromatic heterocycles. The third-order valence-corrected chi connectivity index (χ3v) is 3.93. The van der Waals surface area contributed by atoms with Crippen molar-refractivity contribution in [1.82, 2.24) is 4.90 Å². The Kier molecular flexibility index (Phi) is 2.78. The van der Waals surface area contributed by atoms with Crippen LogP contribution in [0.3, 0.4) is 0 Å². The summed E-state index contributed by atoms with van der Waals surface area (Å²) in [7, 11) is 0. The molecule has 2 amide bonds. The topological polar surface area (TPSA) is 61.2 Å². The number of rotatable bonds is 2. The lowest BCUT2D eigenvalue weighted by atomic mass is 9.85. The van der Waals surface area contributed by atoms with E-state index in [4.69, 9.17) is 0 Å². The van der Waals surface area contributed by atoms with Gasteiger partial charge in [0.2, 0.25) is 11.8 Å². The van der Waals surface area contributed by atoms with Gasteiger partial charge < -0.3 is 0 Å². The molecular formula is C13H16N2O2. The van der Waals surface area contributed by atoms with E-state index in [1.807, 2.05) is 19.1 Å². The van der Waals surface area contributed by atoms with E-state index in [2.05, 4.69) is 6.07 Å². The standard InChI is InChI=1S/C13H16N2O2/c1-3-13(2,8-14)15-11(16)9-6-4-5-7-10(9)12(15)17/h4-5,9-10H,3,6-7H2,1-2H3. The van der Waals surface area contributed by atoms with Crippen LogP contribution in [0.2, 0.25) is 0 Å². The maximum Gasteiger partial charge on any atom is 0.234 e. The van der Waals surface area contributed by atoms with Gasteiger partial charge in [0.05, 0.1) is 17.9 Å². The molecule has 1 aliphatic carbocycles. The van der Waals surface area contributed by atoms with Crippen LogP contribution in [0.1, 0.15) is 33.1 Å². The molecule has 2 rings (SSSR count). The first-order valence-corrected chi connectivity index (χ1v) is 5.99. The molecule has 1 saturated heterocycles. The zero-order chi connectivity index (χ0) is 12.6. The van der Waals surface area contributed by atoms with Crippen LogP contribution in [0.15, 0.2) is 12.2 Å². The molecule has 4 nitrogen and oxygen atoms in total. The molecule has 0 aromatic rings. The summed E-state index contributed by atoms with van der Waals surface area (Å²) >= 11 is 0. The lowest BCUT2D eigenvalue weighted by molar-refractivity contribution is -0.144. The first kappa shape index (κ1) is 11.8. The highest BCUT2D eigenvalue weighted by molar-refractivity contribution is 6.06. The Labute approximate surface area is 101 Å². The van der Waals surface area contributed by atoms with Crippen molar-refractivity contribution in [3.8, 4) is 6.07 Å². The molecule has 0 saturated carbocycles. The highest BCUT2D eigenvalue weighted by Crippen LogP contribution is 2.39. The average molecular weight is 232 g/mol. The van der Waals surface area contributed by atoms with Gasteiger partial charge in [0, 0.05) is 0 Å². The summed E-state index contributed by atoms with van der Waals surface area (Å²) in [6.45, 7) is 3.48. The molecule has 1 fully saturated rings. The summed E-state index contributed by atoms with van der Waals surface area (Å²) in [5.41, 5.74) is -0.995. The van der Waals surface area contributed by atoms with Gasteiger partial charge in [-0.3, -0.25) is 14.5 Å². The summed E-state index contributed by atoms with van der Waals surface area (Å²) in [5.74, 6) is -0.830. The molecule has 0 bridgehead atoms. The lowest BCUT2D eigenvalue weighted by Gasteiger charge is -2.30. The molecule has 4 heteroatoms. The Hall–Kier alpha value is -1.63. The molecule has 3 unspecified atom stereocenters. The molecule has 0 spiro atoms. The number of likely N-dealkylation sites (tertiary alicyclic amines) is 1. The monoisotopic (exact) mass is 232 g/mol. The van der Waals surface area contributed by atoms with Crippen molar-refractivity contribution >= 4 is 11.8 Å². The normalized spacial score (nSPS) is 31.0. The molecule has 3 atom stereocenters. The Balaban J connectivity index is 2.36. The second-order valence-electron chi connectivity index (χ2n) is 4.91. The van der Waals surface area contributed by atoms with Gasteiger partial charge in [-0.15, -0.1) is 0 Å². The maximum absolute atomic E-state index is 12.2. The molecule has 0 aromatic carbocycles. The van der Waals surface area contributed by atoms with Crippen LogP contribution in [-0.2, 0) is 9.59 Å². The fourth-order valence-corrected chi connectivity index (χ4v) is 2.57. The Morgan fingerprint density at radius 1 is 1.35 bits per heavy atom. The van der Waals surface area contributed by atoms with Crippen LogP contribution in [0.4, 0.5) is 0 Å². The summed E-state index contributed by atoms with van der Waals surface area (Å²) in [6.07, 6.45) is 5.61. The molecule has 17 heavy (non-hydrogen) atoms. The number of carbonyl (C=O) groups is 2. The van der Waals surface area contributed by atoms with Gasteiger partial charge in [0.15, 0.2) is 0 Å². The van der Waals surface area contributed by atoms with E-state index in [0.717, 1.165) is 0 Å². The number of imide groups is 1. The Morgan fingerprint density at radius 3 is 2.18 bits per heavy atom. The molecule has 0 N–H and O–H groups in total. The van der Waals surface area contributed by atoms with Gasteiger partial charge in [-0.25, -0.2) is 0 Å². The number of hydrogen-bond acceptors (Lipinski definition) is 3. The number of carbonyl (C=O) groups excluding carboxylic acids is 2. The van der Waals surface area contributed by atoms with Gasteiger partial charge in [0.1, 0.15) is 5.54 Å². The first-order chi connectivity index (χ1) is 8.05. The highest BCUT2D eigenvalue weighted by Gasteiger charge is 2.53. The van der Waals surface area contributed by atoms with E-state index < -0.39 is 5.54 Å². The minimum absolute atomic E-state index is 0.171. The first-order valence-electron chi connectivity index (χ1n) is 5.99. The molecule has 90 valence electrons. The zero-order valence-electron chi connectivity index (χ0n) is 10.1. The minimum atomic E-state index is -0.995. The second-order valence-corrected chi connectivity index (χ2v) is 4.91. The van der Waals surface area contributed by atoms with E-state index in [9.17, 15) is 14.9 Å². The van der Waals surface area contributed by atoms with Crippen molar-refractivity contribution in [2.45, 2.75) is 38.6 Å². The van der Waals surface area contributed by atoms with E-state index in [-0.39, 0.29) is 23.7 Å². The van der Waals surface area contributed by atoms with E-state index >= 15 is 0 Å². The summed E-state index contributed by atoms with van der Waals surface area (Å²) in [5, 5.41) is 9.20. The molecule has 1 aliphatic heterocycles. The largest absolute Gasteiger partial charge is 0.274 e. The number of allylic oxidation sites excluding steroid dienone is 2. The third-order valence-electron chi connectivity index (χ3n) is 3.93. The number of nitrogens with zero attached hydrogens (tertiary/aromatic N) is 2. The van der Waals surface area contributed by atoms with E-state index in [1.54, 1.807) is 6.92 Å². The van der Waals surface area contributed by atoms with Crippen molar-refractivity contribution in [2.75, 3.05) is 0 Å². The van der Waals surface area contributed by atoms with Crippen molar-refractivity contribution in [2.24, 2.45) is 11.8 Å². The predicted molar refractivity (Wildman–Crippen MR) is 61.5 cm³/mol. The third kappa shape index (κ3) is 1.57. The van der Waals surface area contributed by atoms with Gasteiger partial charge in [-0.2, -0.15) is 5.26 Å². The van der Waals surface area contributed by atoms with Crippen molar-refractivity contribution < 1.29 is 9.59 Å². The van der Waals surface area contributed by atoms with E-state index in [1.165, 1.54) is 4.90 Å². The van der Waals surface area contributed by atoms with Crippen LogP contribution in [0.25, 0.3) is 0 Å². The smallest absolute Gasteiger partial charge is 0.234 e. The van der Waals surface area contributed by atoms with Crippen LogP contribution < -0.4 is 0 Å². The fraction of sp³-hybridized carbons (Fsp3) is 0.615. The predicted octanol–water partition coefficient (Wildman–Crippen LogP) is 1.63. The summed E-state index contributed by atoms with van der Waals surface area (Å²) < 4.78 is 0. The van der Waals surface area contributed by atoms with Gasteiger partial charge in [0.25, 0.3) is 0 Å². The van der Waals surface area contributed by atoms with Crippen molar-refractivity contribution in [1.29, 1.82) is 5.26 Å². The fourth-order valence-electron chi connectivity index (χ4n) is 2.57. The number of nitriles is 1. The van der Waals surface area contributed by atoms with Crippen LogP contribution in [0, 0.1) is 23.2 Å². The minimum Gasteiger partial charge on any atom is -0.274 e. The average Bonchev–Trinajstić information content (AvgIpc) is 2.62. The van der Waals surface area contributed by atoms with Crippen LogP contribution in [0.5, 0.6) is 0 Å². The summed E-state index contributed by atoms with van der Waals surface area (Å²) in [6, 6.07) is 2.10. The summed E-state index contributed by atoms with van der Waals surface area (Å²) in [4.78, 5) is 25.7. The quantitative estimate of drug-likeness (QED) is 0.537. The second kappa shape index (κ2) is 3.99. The molecule has 1 heterocycles. The Bertz CT molecular complexity index is 409. The lowest BCUT2D eigenvalue weighted by Crippen LogP contribution is -2.49. The van der Waals surface area contributed by atoms with Gasteiger partial charge in [-0.1, -0.05) is 19.1 Å². The number of fused-ring (bicyclic) bond motifs is 1. The SMILES string of the molecule is CCC(C)(C#N)N1C(=O)C2CC=CCC2C1=O.